The van der Waals surface area contributed by atoms with Gasteiger partial charge in [0.1, 0.15) is 0 Å². The van der Waals surface area contributed by atoms with Crippen LogP contribution in [0.4, 0.5) is 5.69 Å². The van der Waals surface area contributed by atoms with E-state index in [9.17, 15) is 0 Å². The van der Waals surface area contributed by atoms with Gasteiger partial charge < -0.3 is 5.73 Å². The molecule has 0 aliphatic carbocycles. The minimum atomic E-state index is 0.455. The van der Waals surface area contributed by atoms with Crippen molar-refractivity contribution in [3.8, 4) is 0 Å². The molecule has 0 unspecified atom stereocenters. The largest absolute Gasteiger partial charge is 0.326 e. The molecular formula is C11H15N3. The van der Waals surface area contributed by atoms with E-state index in [1.54, 1.807) is 13.3 Å². The third-order valence-corrected chi connectivity index (χ3v) is 1.90. The molecule has 0 saturated carbocycles. The van der Waals surface area contributed by atoms with Crippen LogP contribution in [-0.2, 0) is 0 Å². The van der Waals surface area contributed by atoms with Crippen molar-refractivity contribution in [3.05, 3.63) is 29.3 Å². The zero-order chi connectivity index (χ0) is 10.4. The second-order valence-corrected chi connectivity index (χ2v) is 2.94. The van der Waals surface area contributed by atoms with E-state index in [-0.39, 0.29) is 0 Å². The highest BCUT2D eigenvalue weighted by Crippen LogP contribution is 2.20. The van der Waals surface area contributed by atoms with Crippen LogP contribution in [0.2, 0.25) is 0 Å². The van der Waals surface area contributed by atoms with Gasteiger partial charge in [0, 0.05) is 31.6 Å². The van der Waals surface area contributed by atoms with E-state index in [1.165, 1.54) is 5.56 Å². The number of hydrogen-bond acceptors (Lipinski definition) is 3. The Bertz CT molecular complexity index is 354. The first-order valence-electron chi connectivity index (χ1n) is 4.54. The Balaban J connectivity index is 3.14. The van der Waals surface area contributed by atoms with Gasteiger partial charge in [0.15, 0.2) is 0 Å². The summed E-state index contributed by atoms with van der Waals surface area (Å²) in [4.78, 5) is 8.27. The monoisotopic (exact) mass is 189 g/mol. The molecule has 14 heavy (non-hydrogen) atoms. The first-order valence-corrected chi connectivity index (χ1v) is 4.54. The molecule has 0 radical (unpaired) electrons. The zero-order valence-corrected chi connectivity index (χ0v) is 8.57. The fraction of sp³-hybridized carbons (Fsp3) is 0.273. The molecule has 0 aliphatic rings. The van der Waals surface area contributed by atoms with Crippen molar-refractivity contribution < 1.29 is 0 Å². The molecule has 1 rings (SSSR count). The molecule has 0 aromatic heterocycles. The smallest absolute Gasteiger partial charge is 0.0716 e. The van der Waals surface area contributed by atoms with Crippen molar-refractivity contribution in [3.63, 3.8) is 0 Å². The van der Waals surface area contributed by atoms with Crippen LogP contribution in [0.3, 0.4) is 0 Å². The van der Waals surface area contributed by atoms with E-state index in [0.717, 1.165) is 11.3 Å². The van der Waals surface area contributed by atoms with Crippen molar-refractivity contribution in [1.29, 1.82) is 0 Å². The van der Waals surface area contributed by atoms with Crippen LogP contribution >= 0.6 is 0 Å². The predicted molar refractivity (Wildman–Crippen MR) is 61.9 cm³/mol. The normalized spacial score (nSPS) is 11.6. The minimum Gasteiger partial charge on any atom is -0.326 e. The summed E-state index contributed by atoms with van der Waals surface area (Å²) in [5.41, 5.74) is 8.50. The molecule has 0 amide bonds. The molecule has 0 heterocycles. The van der Waals surface area contributed by atoms with E-state index in [1.807, 2.05) is 31.3 Å². The molecule has 0 atom stereocenters. The van der Waals surface area contributed by atoms with Gasteiger partial charge in [-0.3, -0.25) is 9.98 Å². The number of benzene rings is 1. The van der Waals surface area contributed by atoms with Crippen molar-refractivity contribution in [1.82, 2.24) is 0 Å². The van der Waals surface area contributed by atoms with Gasteiger partial charge in [-0.05, 0) is 18.6 Å². The lowest BCUT2D eigenvalue weighted by Crippen LogP contribution is -1.98. The van der Waals surface area contributed by atoms with Gasteiger partial charge in [-0.2, -0.15) is 0 Å². The molecule has 2 N–H and O–H groups in total. The summed E-state index contributed by atoms with van der Waals surface area (Å²) in [6.07, 6.45) is 3.51. The number of rotatable bonds is 3. The second-order valence-electron chi connectivity index (χ2n) is 2.94. The van der Waals surface area contributed by atoms with Gasteiger partial charge in [0.05, 0.1) is 5.69 Å². The van der Waals surface area contributed by atoms with Crippen LogP contribution < -0.4 is 5.73 Å². The highest BCUT2D eigenvalue weighted by molar-refractivity contribution is 5.89. The Labute approximate surface area is 84.4 Å². The third kappa shape index (κ3) is 2.50. The number of aryl methyl sites for hydroxylation is 1. The van der Waals surface area contributed by atoms with Crippen LogP contribution in [0.25, 0.3) is 0 Å². The summed E-state index contributed by atoms with van der Waals surface area (Å²) < 4.78 is 0. The van der Waals surface area contributed by atoms with E-state index < -0.39 is 0 Å². The fourth-order valence-corrected chi connectivity index (χ4v) is 1.23. The Kier molecular flexibility index (Phi) is 4.01. The second kappa shape index (κ2) is 5.29. The lowest BCUT2D eigenvalue weighted by molar-refractivity contribution is 1.32. The van der Waals surface area contributed by atoms with Crippen LogP contribution in [0.5, 0.6) is 0 Å². The number of aliphatic imine (C=N–C) groups is 2. The van der Waals surface area contributed by atoms with Crippen molar-refractivity contribution >= 4 is 18.1 Å². The molecule has 74 valence electrons. The summed E-state index contributed by atoms with van der Waals surface area (Å²) in [5, 5.41) is 0. The van der Waals surface area contributed by atoms with Gasteiger partial charge in [-0.1, -0.05) is 12.1 Å². The quantitative estimate of drug-likeness (QED) is 0.723. The minimum absolute atomic E-state index is 0.455. The van der Waals surface area contributed by atoms with E-state index in [2.05, 4.69) is 9.98 Å². The number of nitrogens with two attached hydrogens (primary N) is 1. The van der Waals surface area contributed by atoms with Gasteiger partial charge in [0.2, 0.25) is 0 Å². The van der Waals surface area contributed by atoms with E-state index in [0.29, 0.717) is 6.54 Å². The first-order chi connectivity index (χ1) is 6.79. The standard InChI is InChI=1S/C11H15N3/c1-9-4-3-5-11(14-7-6-12)10(9)8-13-2/h3-5,7-8H,6,12H2,1-2H3/b13-8-,14-7+. The molecule has 0 spiro atoms. The molecule has 3 heteroatoms. The van der Waals surface area contributed by atoms with Crippen molar-refractivity contribution in [2.75, 3.05) is 13.6 Å². The highest BCUT2D eigenvalue weighted by Gasteiger charge is 2.00. The molecule has 1 aromatic rings. The van der Waals surface area contributed by atoms with Gasteiger partial charge >= 0.3 is 0 Å². The maximum atomic E-state index is 5.36. The highest BCUT2D eigenvalue weighted by atomic mass is 14.7. The summed E-state index contributed by atoms with van der Waals surface area (Å²) in [6.45, 7) is 2.50. The summed E-state index contributed by atoms with van der Waals surface area (Å²) in [5.74, 6) is 0. The maximum Gasteiger partial charge on any atom is 0.0716 e. The molecule has 3 nitrogen and oxygen atoms in total. The number of hydrogen-bond donors (Lipinski definition) is 1. The van der Waals surface area contributed by atoms with Gasteiger partial charge in [-0.25, -0.2) is 0 Å². The first kappa shape index (κ1) is 10.6. The fourth-order valence-electron chi connectivity index (χ4n) is 1.23. The maximum absolute atomic E-state index is 5.36. The molecular weight excluding hydrogens is 174 g/mol. The summed E-state index contributed by atoms with van der Waals surface area (Å²) in [6, 6.07) is 5.97. The molecule has 0 bridgehead atoms. The van der Waals surface area contributed by atoms with Crippen molar-refractivity contribution in [2.45, 2.75) is 6.92 Å². The van der Waals surface area contributed by atoms with Crippen LogP contribution in [0.15, 0.2) is 28.2 Å². The average Bonchev–Trinajstić information content (AvgIpc) is 2.19. The van der Waals surface area contributed by atoms with E-state index in [4.69, 9.17) is 5.73 Å². The van der Waals surface area contributed by atoms with E-state index >= 15 is 0 Å². The lowest BCUT2D eigenvalue weighted by Gasteiger charge is -2.03. The molecule has 0 aliphatic heterocycles. The Morgan fingerprint density at radius 2 is 2.21 bits per heavy atom. The van der Waals surface area contributed by atoms with Crippen LogP contribution in [-0.4, -0.2) is 26.0 Å². The number of nitrogens with zero attached hydrogens (tertiary/aromatic N) is 2. The molecule has 0 fully saturated rings. The Morgan fingerprint density at radius 1 is 1.43 bits per heavy atom. The third-order valence-electron chi connectivity index (χ3n) is 1.90. The molecule has 0 saturated heterocycles. The lowest BCUT2D eigenvalue weighted by atomic mass is 10.1. The van der Waals surface area contributed by atoms with Gasteiger partial charge in [0.25, 0.3) is 0 Å². The van der Waals surface area contributed by atoms with Crippen LogP contribution in [0, 0.1) is 6.92 Å². The zero-order valence-electron chi connectivity index (χ0n) is 8.57. The summed E-state index contributed by atoms with van der Waals surface area (Å²) >= 11 is 0. The SMILES string of the molecule is C/N=C\c1c(C)cccc1/N=C/CN. The van der Waals surface area contributed by atoms with Crippen molar-refractivity contribution in [2.24, 2.45) is 15.7 Å². The predicted octanol–water partition coefficient (Wildman–Crippen LogP) is 1.70. The average molecular weight is 189 g/mol. The Morgan fingerprint density at radius 3 is 2.86 bits per heavy atom. The topological polar surface area (TPSA) is 50.7 Å². The van der Waals surface area contributed by atoms with Gasteiger partial charge in [-0.15, -0.1) is 0 Å². The molecule has 1 aromatic carbocycles. The summed E-state index contributed by atoms with van der Waals surface area (Å²) in [7, 11) is 1.75. The Hall–Kier alpha value is -1.48. The van der Waals surface area contributed by atoms with Crippen LogP contribution in [0.1, 0.15) is 11.1 Å².